The summed E-state index contributed by atoms with van der Waals surface area (Å²) in [5, 5.41) is 6.94. The van der Waals surface area contributed by atoms with Crippen molar-refractivity contribution in [1.82, 2.24) is 10.6 Å². The highest BCUT2D eigenvalue weighted by atomic mass is 15.0. The van der Waals surface area contributed by atoms with Gasteiger partial charge in [0.05, 0.1) is 0 Å². The average Bonchev–Trinajstić information content (AvgIpc) is 2.49. The molecule has 3 heteroatoms. The highest BCUT2D eigenvalue weighted by molar-refractivity contribution is 5.30. The van der Waals surface area contributed by atoms with E-state index in [1.165, 1.54) is 11.1 Å². The van der Waals surface area contributed by atoms with E-state index < -0.39 is 0 Å². The molecule has 4 N–H and O–H groups in total. The minimum atomic E-state index is 0.458. The minimum absolute atomic E-state index is 0.458. The van der Waals surface area contributed by atoms with Crippen molar-refractivity contribution in [1.29, 1.82) is 0 Å². The van der Waals surface area contributed by atoms with Crippen LogP contribution < -0.4 is 16.4 Å². The Labute approximate surface area is 91.1 Å². The van der Waals surface area contributed by atoms with Crippen molar-refractivity contribution in [2.24, 2.45) is 5.73 Å². The lowest BCUT2D eigenvalue weighted by Gasteiger charge is -2.18. The third kappa shape index (κ3) is 2.56. The van der Waals surface area contributed by atoms with Crippen LogP contribution in [0.15, 0.2) is 24.3 Å². The molecule has 0 radical (unpaired) electrons. The van der Waals surface area contributed by atoms with Gasteiger partial charge in [-0.05, 0) is 24.1 Å². The fourth-order valence-corrected chi connectivity index (χ4v) is 2.13. The van der Waals surface area contributed by atoms with Gasteiger partial charge < -0.3 is 16.4 Å². The number of nitrogens with one attached hydrogen (secondary N) is 2. The first kappa shape index (κ1) is 10.6. The van der Waals surface area contributed by atoms with Crippen LogP contribution in [0.2, 0.25) is 0 Å². The van der Waals surface area contributed by atoms with Gasteiger partial charge in [0, 0.05) is 25.7 Å². The Balaban J connectivity index is 2.17. The molecule has 0 spiro atoms. The van der Waals surface area contributed by atoms with Crippen molar-refractivity contribution in [2.45, 2.75) is 19.0 Å². The van der Waals surface area contributed by atoms with Crippen molar-refractivity contribution in [2.75, 3.05) is 19.6 Å². The van der Waals surface area contributed by atoms with Gasteiger partial charge in [-0.3, -0.25) is 0 Å². The molecule has 1 heterocycles. The summed E-state index contributed by atoms with van der Waals surface area (Å²) in [5.41, 5.74) is 8.36. The molecule has 1 aliphatic rings. The molecule has 0 aliphatic carbocycles. The zero-order valence-electron chi connectivity index (χ0n) is 9.00. The molecule has 0 fully saturated rings. The Kier molecular flexibility index (Phi) is 3.72. The monoisotopic (exact) mass is 205 g/mol. The van der Waals surface area contributed by atoms with Crippen molar-refractivity contribution in [3.63, 3.8) is 0 Å². The Bertz CT molecular complexity index is 311. The Hall–Kier alpha value is -0.900. The Morgan fingerprint density at radius 1 is 1.40 bits per heavy atom. The molecule has 1 aliphatic heterocycles. The molecule has 2 rings (SSSR count). The van der Waals surface area contributed by atoms with Crippen LogP contribution in [-0.2, 0) is 6.54 Å². The maximum atomic E-state index is 5.53. The van der Waals surface area contributed by atoms with E-state index in [0.717, 1.165) is 26.1 Å². The first-order valence-corrected chi connectivity index (χ1v) is 5.64. The summed E-state index contributed by atoms with van der Waals surface area (Å²) >= 11 is 0. The summed E-state index contributed by atoms with van der Waals surface area (Å²) in [7, 11) is 0. The van der Waals surface area contributed by atoms with E-state index in [2.05, 4.69) is 34.9 Å². The van der Waals surface area contributed by atoms with E-state index in [9.17, 15) is 0 Å². The third-order valence-corrected chi connectivity index (χ3v) is 2.89. The maximum absolute atomic E-state index is 5.53. The molecule has 3 nitrogen and oxygen atoms in total. The fraction of sp³-hybridized carbons (Fsp3) is 0.500. The van der Waals surface area contributed by atoms with Crippen LogP contribution in [0.1, 0.15) is 23.6 Å². The van der Waals surface area contributed by atoms with Gasteiger partial charge >= 0.3 is 0 Å². The first-order valence-electron chi connectivity index (χ1n) is 5.64. The van der Waals surface area contributed by atoms with E-state index >= 15 is 0 Å². The second-order valence-corrected chi connectivity index (χ2v) is 3.96. The molecule has 0 aromatic heterocycles. The third-order valence-electron chi connectivity index (χ3n) is 2.89. The molecule has 1 aromatic carbocycles. The van der Waals surface area contributed by atoms with E-state index in [0.29, 0.717) is 12.6 Å². The maximum Gasteiger partial charge on any atom is 0.0336 e. The fourth-order valence-electron chi connectivity index (χ4n) is 2.13. The molecule has 82 valence electrons. The lowest BCUT2D eigenvalue weighted by Crippen LogP contribution is -2.28. The highest BCUT2D eigenvalue weighted by Gasteiger charge is 2.16. The summed E-state index contributed by atoms with van der Waals surface area (Å²) in [6.45, 7) is 3.64. The minimum Gasteiger partial charge on any atom is -0.329 e. The standard InChI is InChI=1S/C12H19N3/c13-6-8-15-12-5-7-14-9-10-3-1-2-4-11(10)12/h1-4,12,14-15H,5-9,13H2. The van der Waals surface area contributed by atoms with Crippen LogP contribution >= 0.6 is 0 Å². The molecular formula is C12H19N3. The summed E-state index contributed by atoms with van der Waals surface area (Å²) in [5.74, 6) is 0. The highest BCUT2D eigenvalue weighted by Crippen LogP contribution is 2.22. The SMILES string of the molecule is NCCNC1CCNCc2ccccc21. The normalized spacial score (nSPS) is 20.7. The van der Waals surface area contributed by atoms with Gasteiger partial charge in [-0.15, -0.1) is 0 Å². The number of nitrogens with two attached hydrogens (primary N) is 1. The van der Waals surface area contributed by atoms with Crippen molar-refractivity contribution in [3.05, 3.63) is 35.4 Å². The Morgan fingerprint density at radius 2 is 2.27 bits per heavy atom. The predicted octanol–water partition coefficient (Wildman–Crippen LogP) is 0.769. The lowest BCUT2D eigenvalue weighted by atomic mass is 9.99. The molecule has 0 saturated heterocycles. The number of rotatable bonds is 3. The number of benzene rings is 1. The first-order chi connectivity index (χ1) is 7.42. The van der Waals surface area contributed by atoms with Gasteiger partial charge in [0.2, 0.25) is 0 Å². The molecule has 1 aromatic rings. The summed E-state index contributed by atoms with van der Waals surface area (Å²) in [6.07, 6.45) is 1.14. The van der Waals surface area contributed by atoms with Crippen LogP contribution in [0, 0.1) is 0 Å². The molecular weight excluding hydrogens is 186 g/mol. The smallest absolute Gasteiger partial charge is 0.0336 e. The Morgan fingerprint density at radius 3 is 3.13 bits per heavy atom. The van der Waals surface area contributed by atoms with Crippen LogP contribution in [0.4, 0.5) is 0 Å². The predicted molar refractivity (Wildman–Crippen MR) is 62.6 cm³/mol. The van der Waals surface area contributed by atoms with Crippen molar-refractivity contribution < 1.29 is 0 Å². The van der Waals surface area contributed by atoms with Crippen LogP contribution in [0.5, 0.6) is 0 Å². The van der Waals surface area contributed by atoms with Crippen LogP contribution in [0.3, 0.4) is 0 Å². The number of hydrogen-bond acceptors (Lipinski definition) is 3. The van der Waals surface area contributed by atoms with Gasteiger partial charge in [-0.1, -0.05) is 24.3 Å². The number of fused-ring (bicyclic) bond motifs is 1. The largest absolute Gasteiger partial charge is 0.329 e. The van der Waals surface area contributed by atoms with Crippen LogP contribution in [-0.4, -0.2) is 19.6 Å². The average molecular weight is 205 g/mol. The van der Waals surface area contributed by atoms with E-state index in [1.807, 2.05) is 0 Å². The van der Waals surface area contributed by atoms with E-state index in [4.69, 9.17) is 5.73 Å². The topological polar surface area (TPSA) is 50.1 Å². The second-order valence-electron chi connectivity index (χ2n) is 3.96. The quantitative estimate of drug-likeness (QED) is 0.683. The summed E-state index contributed by atoms with van der Waals surface area (Å²) in [4.78, 5) is 0. The van der Waals surface area contributed by atoms with Gasteiger partial charge in [-0.2, -0.15) is 0 Å². The second kappa shape index (κ2) is 5.26. The molecule has 1 unspecified atom stereocenters. The number of hydrogen-bond donors (Lipinski definition) is 3. The van der Waals surface area contributed by atoms with Crippen LogP contribution in [0.25, 0.3) is 0 Å². The lowest BCUT2D eigenvalue weighted by molar-refractivity contribution is 0.503. The molecule has 1 atom stereocenters. The van der Waals surface area contributed by atoms with Gasteiger partial charge in [0.1, 0.15) is 0 Å². The summed E-state index contributed by atoms with van der Waals surface area (Å²) < 4.78 is 0. The zero-order chi connectivity index (χ0) is 10.5. The van der Waals surface area contributed by atoms with Gasteiger partial charge in [-0.25, -0.2) is 0 Å². The van der Waals surface area contributed by atoms with Crippen molar-refractivity contribution in [3.8, 4) is 0 Å². The van der Waals surface area contributed by atoms with Crippen molar-refractivity contribution >= 4 is 0 Å². The molecule has 0 amide bonds. The summed E-state index contributed by atoms with van der Waals surface area (Å²) in [6, 6.07) is 9.09. The zero-order valence-corrected chi connectivity index (χ0v) is 9.00. The van der Waals surface area contributed by atoms with E-state index in [1.54, 1.807) is 0 Å². The van der Waals surface area contributed by atoms with Gasteiger partial charge in [0.25, 0.3) is 0 Å². The van der Waals surface area contributed by atoms with E-state index in [-0.39, 0.29) is 0 Å². The molecule has 15 heavy (non-hydrogen) atoms. The molecule has 0 saturated carbocycles. The molecule has 0 bridgehead atoms. The van der Waals surface area contributed by atoms with Gasteiger partial charge in [0.15, 0.2) is 0 Å².